The molecule has 0 aromatic heterocycles. The van der Waals surface area contributed by atoms with E-state index >= 15 is 0 Å². The fourth-order valence-electron chi connectivity index (χ4n) is 4.85. The van der Waals surface area contributed by atoms with Crippen LogP contribution in [-0.4, -0.2) is 29.3 Å². The van der Waals surface area contributed by atoms with E-state index in [1.165, 1.54) is 11.3 Å². The van der Waals surface area contributed by atoms with Gasteiger partial charge >= 0.3 is 6.03 Å². The van der Waals surface area contributed by atoms with E-state index in [0.717, 1.165) is 55.5 Å². The highest BCUT2D eigenvalue weighted by Crippen LogP contribution is 2.42. The van der Waals surface area contributed by atoms with Gasteiger partial charge in [-0.3, -0.25) is 20.2 Å². The number of hydrogen-bond donors (Lipinski definition) is 2. The second kappa shape index (κ2) is 8.90. The highest BCUT2D eigenvalue weighted by atomic mass is 16.2. The topological polar surface area (TPSA) is 78.5 Å². The van der Waals surface area contributed by atoms with Crippen LogP contribution in [0.5, 0.6) is 0 Å². The summed E-state index contributed by atoms with van der Waals surface area (Å²) in [5.41, 5.74) is 6.08. The summed E-state index contributed by atoms with van der Waals surface area (Å²) in [6.07, 6.45) is 6.56. The number of rotatable bonds is 4. The van der Waals surface area contributed by atoms with Gasteiger partial charge in [-0.1, -0.05) is 60.7 Å². The maximum Gasteiger partial charge on any atom is 0.328 e. The van der Waals surface area contributed by atoms with E-state index in [9.17, 15) is 14.4 Å². The fraction of sp³-hybridized carbons (Fsp3) is 0.222. The molecule has 5 rings (SSSR count). The van der Waals surface area contributed by atoms with Crippen LogP contribution in [0.15, 0.2) is 89.2 Å². The molecular formula is C27H25N3O3. The number of imide groups is 2. The lowest BCUT2D eigenvalue weighted by Gasteiger charge is -2.39. The van der Waals surface area contributed by atoms with E-state index in [2.05, 4.69) is 39.8 Å². The lowest BCUT2D eigenvalue weighted by atomic mass is 9.83. The van der Waals surface area contributed by atoms with Crippen LogP contribution in [0.3, 0.4) is 0 Å². The van der Waals surface area contributed by atoms with Gasteiger partial charge in [-0.15, -0.1) is 0 Å². The molecule has 2 aliphatic heterocycles. The molecule has 1 saturated heterocycles. The predicted molar refractivity (Wildman–Crippen MR) is 125 cm³/mol. The van der Waals surface area contributed by atoms with Crippen molar-refractivity contribution in [3.63, 3.8) is 0 Å². The van der Waals surface area contributed by atoms with Crippen molar-refractivity contribution in [2.75, 3.05) is 6.54 Å². The maximum atomic E-state index is 12.7. The number of allylic oxidation sites excluding steroid dienone is 4. The Labute approximate surface area is 192 Å². The third-order valence-corrected chi connectivity index (χ3v) is 6.38. The Hall–Kier alpha value is -3.93. The van der Waals surface area contributed by atoms with Gasteiger partial charge in [0, 0.05) is 17.9 Å². The van der Waals surface area contributed by atoms with Crippen LogP contribution in [0.25, 0.3) is 5.70 Å². The van der Waals surface area contributed by atoms with Crippen molar-refractivity contribution in [3.05, 3.63) is 100 Å². The molecule has 3 aliphatic rings. The van der Waals surface area contributed by atoms with Crippen molar-refractivity contribution in [2.45, 2.75) is 32.1 Å². The van der Waals surface area contributed by atoms with Crippen LogP contribution < -0.4 is 10.6 Å². The second-order valence-electron chi connectivity index (χ2n) is 8.44. The molecule has 0 saturated carbocycles. The Morgan fingerprint density at radius 1 is 0.788 bits per heavy atom. The number of amides is 4. The summed E-state index contributed by atoms with van der Waals surface area (Å²) in [5, 5.41) is 4.46. The quantitative estimate of drug-likeness (QED) is 0.556. The lowest BCUT2D eigenvalue weighted by Crippen LogP contribution is -2.52. The van der Waals surface area contributed by atoms with Crippen molar-refractivity contribution in [1.29, 1.82) is 0 Å². The summed E-state index contributed by atoms with van der Waals surface area (Å²) in [6, 6.07) is 19.6. The molecule has 0 radical (unpaired) electrons. The largest absolute Gasteiger partial charge is 0.344 e. The van der Waals surface area contributed by atoms with Gasteiger partial charge in [-0.2, -0.15) is 0 Å². The first-order valence-corrected chi connectivity index (χ1v) is 11.3. The Bertz CT molecular complexity index is 1190. The Morgan fingerprint density at radius 2 is 1.42 bits per heavy atom. The first-order valence-electron chi connectivity index (χ1n) is 11.3. The Balaban J connectivity index is 1.64. The average Bonchev–Trinajstić information content (AvgIpc) is 2.83. The minimum atomic E-state index is -0.778. The molecule has 166 valence electrons. The van der Waals surface area contributed by atoms with Crippen molar-refractivity contribution >= 4 is 23.5 Å². The van der Waals surface area contributed by atoms with Gasteiger partial charge in [-0.05, 0) is 60.5 Å². The highest BCUT2D eigenvalue weighted by molar-refractivity contribution is 6.30. The van der Waals surface area contributed by atoms with Gasteiger partial charge in [-0.25, -0.2) is 4.79 Å². The summed E-state index contributed by atoms with van der Waals surface area (Å²) < 4.78 is 0. The van der Waals surface area contributed by atoms with Gasteiger partial charge in [0.15, 0.2) is 0 Å². The normalized spacial score (nSPS) is 18.6. The number of carbonyl (C=O) groups excluding carboxylic acids is 3. The zero-order chi connectivity index (χ0) is 22.8. The molecular weight excluding hydrogens is 414 g/mol. The zero-order valence-corrected chi connectivity index (χ0v) is 18.3. The van der Waals surface area contributed by atoms with E-state index < -0.39 is 17.8 Å². The van der Waals surface area contributed by atoms with Crippen molar-refractivity contribution < 1.29 is 14.4 Å². The SMILES string of the molecule is O=C1NC(=O)C(=C2C=C(c3ccccc3)N(CCc3ccccc3)C3=C2CCCC3)C(=O)N1. The van der Waals surface area contributed by atoms with Gasteiger partial charge < -0.3 is 4.90 Å². The van der Waals surface area contributed by atoms with E-state index in [-0.39, 0.29) is 5.57 Å². The molecule has 6 heteroatoms. The van der Waals surface area contributed by atoms with Crippen molar-refractivity contribution in [3.8, 4) is 0 Å². The van der Waals surface area contributed by atoms with Gasteiger partial charge in [0.1, 0.15) is 5.57 Å². The molecule has 0 bridgehead atoms. The minimum Gasteiger partial charge on any atom is -0.344 e. The number of benzene rings is 2. The van der Waals surface area contributed by atoms with Crippen LogP contribution in [-0.2, 0) is 16.0 Å². The highest BCUT2D eigenvalue weighted by Gasteiger charge is 2.36. The first-order chi connectivity index (χ1) is 16.1. The third kappa shape index (κ3) is 4.12. The molecule has 1 aliphatic carbocycles. The molecule has 33 heavy (non-hydrogen) atoms. The molecule has 2 heterocycles. The minimum absolute atomic E-state index is 0.0140. The molecule has 2 aromatic rings. The van der Waals surface area contributed by atoms with Gasteiger partial charge in [0.05, 0.1) is 0 Å². The first kappa shape index (κ1) is 20.9. The summed E-state index contributed by atoms with van der Waals surface area (Å²) in [4.78, 5) is 39.4. The lowest BCUT2D eigenvalue weighted by molar-refractivity contribution is -0.124. The number of hydrogen-bond acceptors (Lipinski definition) is 4. The molecule has 2 aromatic carbocycles. The third-order valence-electron chi connectivity index (χ3n) is 6.38. The Morgan fingerprint density at radius 3 is 2.12 bits per heavy atom. The van der Waals surface area contributed by atoms with Crippen molar-refractivity contribution in [1.82, 2.24) is 15.5 Å². The number of urea groups is 1. The van der Waals surface area contributed by atoms with Gasteiger partial charge in [0.25, 0.3) is 11.8 Å². The van der Waals surface area contributed by atoms with Crippen molar-refractivity contribution in [2.24, 2.45) is 0 Å². The van der Waals surface area contributed by atoms with Crippen LogP contribution in [0, 0.1) is 0 Å². The number of nitrogens with one attached hydrogen (secondary N) is 2. The van der Waals surface area contributed by atoms with E-state index in [4.69, 9.17) is 0 Å². The second-order valence-corrected chi connectivity index (χ2v) is 8.44. The molecule has 6 nitrogen and oxygen atoms in total. The standard InChI is InChI=1S/C27H25N3O3/c31-25-24(26(32)29-27(33)28-25)21-17-23(19-11-5-2-6-12-19)30(22-14-8-7-13-20(21)22)16-15-18-9-3-1-4-10-18/h1-6,9-12,17H,7-8,13-16H2,(H2,28,29,31,32,33). The molecule has 0 unspecified atom stereocenters. The molecule has 0 atom stereocenters. The number of nitrogens with zero attached hydrogens (tertiary/aromatic N) is 1. The summed E-state index contributed by atoms with van der Waals surface area (Å²) in [5.74, 6) is -1.28. The number of barbiturate groups is 1. The fourth-order valence-corrected chi connectivity index (χ4v) is 4.85. The summed E-state index contributed by atoms with van der Waals surface area (Å²) in [7, 11) is 0. The van der Waals surface area contributed by atoms with Crippen LogP contribution in [0.4, 0.5) is 4.79 Å². The predicted octanol–water partition coefficient (Wildman–Crippen LogP) is 4.08. The summed E-state index contributed by atoms with van der Waals surface area (Å²) in [6.45, 7) is 0.795. The van der Waals surface area contributed by atoms with E-state index in [1.807, 2.05) is 42.5 Å². The van der Waals surface area contributed by atoms with Gasteiger partial charge in [0.2, 0.25) is 0 Å². The molecule has 4 amide bonds. The van der Waals surface area contributed by atoms with Crippen LogP contribution in [0.2, 0.25) is 0 Å². The van der Waals surface area contributed by atoms with Crippen LogP contribution >= 0.6 is 0 Å². The monoisotopic (exact) mass is 439 g/mol. The number of carbonyl (C=O) groups is 3. The molecule has 0 spiro atoms. The smallest absolute Gasteiger partial charge is 0.328 e. The zero-order valence-electron chi connectivity index (χ0n) is 18.3. The molecule has 1 fully saturated rings. The average molecular weight is 440 g/mol. The summed E-state index contributed by atoms with van der Waals surface area (Å²) >= 11 is 0. The molecule has 2 N–H and O–H groups in total. The van der Waals surface area contributed by atoms with E-state index in [1.54, 1.807) is 0 Å². The maximum absolute atomic E-state index is 12.7. The van der Waals surface area contributed by atoms with E-state index in [0.29, 0.717) is 5.57 Å². The van der Waals surface area contributed by atoms with Crippen LogP contribution in [0.1, 0.15) is 36.8 Å². The Kier molecular flexibility index (Phi) is 5.65.